The third-order valence-corrected chi connectivity index (χ3v) is 5.79. The number of fused-ring (bicyclic) bond motifs is 1. The molecule has 4 heterocycles. The third-order valence-electron chi connectivity index (χ3n) is 4.76. The molecule has 0 N–H and O–H groups in total. The molecular formula is C17H20N4OS. The van der Waals surface area contributed by atoms with Crippen LogP contribution < -0.4 is 4.90 Å². The van der Waals surface area contributed by atoms with Gasteiger partial charge in [0.25, 0.3) is 0 Å². The van der Waals surface area contributed by atoms with Crippen LogP contribution in [0.15, 0.2) is 30.0 Å². The highest BCUT2D eigenvalue weighted by Crippen LogP contribution is 2.27. The van der Waals surface area contributed by atoms with Crippen LogP contribution in [0, 0.1) is 5.92 Å². The summed E-state index contributed by atoms with van der Waals surface area (Å²) in [6, 6.07) is 2.16. The lowest BCUT2D eigenvalue weighted by Crippen LogP contribution is -2.46. The van der Waals surface area contributed by atoms with E-state index in [0.717, 1.165) is 51.3 Å². The van der Waals surface area contributed by atoms with E-state index >= 15 is 0 Å². The molecule has 6 heteroatoms. The van der Waals surface area contributed by atoms with E-state index < -0.39 is 0 Å². The van der Waals surface area contributed by atoms with Gasteiger partial charge in [-0.25, -0.2) is 4.98 Å². The number of aromatic nitrogens is 2. The van der Waals surface area contributed by atoms with E-state index in [9.17, 15) is 4.79 Å². The Bertz CT molecular complexity index is 687. The predicted octanol–water partition coefficient (Wildman–Crippen LogP) is 2.34. The van der Waals surface area contributed by atoms with Crippen molar-refractivity contribution in [3.63, 3.8) is 0 Å². The Morgan fingerprint density at radius 3 is 3.13 bits per heavy atom. The third kappa shape index (κ3) is 2.95. The summed E-state index contributed by atoms with van der Waals surface area (Å²) in [4.78, 5) is 27.1. The van der Waals surface area contributed by atoms with Gasteiger partial charge in [-0.3, -0.25) is 9.78 Å². The number of nitrogens with zero attached hydrogens (tertiary/aromatic N) is 4. The minimum atomic E-state index is 0.0749. The van der Waals surface area contributed by atoms with Crippen molar-refractivity contribution in [3.05, 3.63) is 40.5 Å². The molecule has 1 fully saturated rings. The minimum absolute atomic E-state index is 0.0749. The molecule has 120 valence electrons. The van der Waals surface area contributed by atoms with Crippen LogP contribution in [0.1, 0.15) is 23.3 Å². The summed E-state index contributed by atoms with van der Waals surface area (Å²) in [7, 11) is 0. The van der Waals surface area contributed by atoms with Gasteiger partial charge in [-0.1, -0.05) is 0 Å². The Balaban J connectivity index is 1.44. The number of rotatable bonds is 2. The van der Waals surface area contributed by atoms with Gasteiger partial charge < -0.3 is 9.80 Å². The maximum Gasteiger partial charge on any atom is 0.227 e. The molecule has 5 nitrogen and oxygen atoms in total. The fourth-order valence-corrected chi connectivity index (χ4v) is 4.43. The molecule has 2 aromatic heterocycles. The quantitative estimate of drug-likeness (QED) is 0.849. The van der Waals surface area contributed by atoms with Crippen molar-refractivity contribution in [1.82, 2.24) is 14.9 Å². The van der Waals surface area contributed by atoms with Crippen molar-refractivity contribution in [2.75, 3.05) is 24.5 Å². The zero-order valence-corrected chi connectivity index (χ0v) is 13.8. The smallest absolute Gasteiger partial charge is 0.227 e. The van der Waals surface area contributed by atoms with Crippen molar-refractivity contribution in [2.45, 2.75) is 25.8 Å². The zero-order valence-electron chi connectivity index (χ0n) is 13.0. The van der Waals surface area contributed by atoms with Gasteiger partial charge >= 0.3 is 0 Å². The number of carbonyl (C=O) groups excluding carboxylic acids is 1. The fraction of sp³-hybridized carbons (Fsp3) is 0.471. The van der Waals surface area contributed by atoms with Crippen molar-refractivity contribution in [1.29, 1.82) is 0 Å². The highest BCUT2D eigenvalue weighted by molar-refractivity contribution is 7.10. The maximum atomic E-state index is 12.9. The van der Waals surface area contributed by atoms with Crippen LogP contribution in [0.5, 0.6) is 0 Å². The predicted molar refractivity (Wildman–Crippen MR) is 90.4 cm³/mol. The Morgan fingerprint density at radius 1 is 1.30 bits per heavy atom. The van der Waals surface area contributed by atoms with E-state index in [0.29, 0.717) is 5.91 Å². The minimum Gasteiger partial charge on any atom is -0.355 e. The lowest BCUT2D eigenvalue weighted by molar-refractivity contribution is -0.136. The number of piperidine rings is 1. The molecule has 2 aromatic rings. The standard InChI is InChI=1S/C17H20N4OS/c22-17(21-8-3-15-13(11-21)4-9-23-15)14-2-1-7-20(12-14)16-10-18-5-6-19-16/h4-6,9-10,14H,1-3,7-8,11-12H2/t14-/m1/s1. The number of thiophene rings is 1. The van der Waals surface area contributed by atoms with Gasteiger partial charge in [0, 0.05) is 43.4 Å². The zero-order chi connectivity index (χ0) is 15.6. The monoisotopic (exact) mass is 328 g/mol. The summed E-state index contributed by atoms with van der Waals surface area (Å²) in [6.45, 7) is 3.34. The van der Waals surface area contributed by atoms with Crippen LogP contribution in [0.4, 0.5) is 5.82 Å². The summed E-state index contributed by atoms with van der Waals surface area (Å²) >= 11 is 1.81. The molecule has 0 radical (unpaired) electrons. The van der Waals surface area contributed by atoms with Gasteiger partial charge in [-0.2, -0.15) is 0 Å². The lowest BCUT2D eigenvalue weighted by Gasteiger charge is -2.36. The van der Waals surface area contributed by atoms with Gasteiger partial charge in [0.05, 0.1) is 12.1 Å². The van der Waals surface area contributed by atoms with E-state index in [-0.39, 0.29) is 5.92 Å². The van der Waals surface area contributed by atoms with Crippen LogP contribution in [0.3, 0.4) is 0 Å². The second kappa shape index (κ2) is 6.28. The summed E-state index contributed by atoms with van der Waals surface area (Å²) in [6.07, 6.45) is 8.18. The summed E-state index contributed by atoms with van der Waals surface area (Å²) < 4.78 is 0. The van der Waals surface area contributed by atoms with Gasteiger partial charge in [0.1, 0.15) is 5.82 Å². The molecule has 0 spiro atoms. The molecule has 0 aromatic carbocycles. The molecule has 1 amide bonds. The molecule has 0 bridgehead atoms. The largest absolute Gasteiger partial charge is 0.355 e. The Labute approximate surface area is 140 Å². The number of hydrogen-bond donors (Lipinski definition) is 0. The number of anilines is 1. The second-order valence-electron chi connectivity index (χ2n) is 6.23. The first kappa shape index (κ1) is 14.6. The van der Waals surface area contributed by atoms with Crippen molar-refractivity contribution >= 4 is 23.1 Å². The maximum absolute atomic E-state index is 12.9. The van der Waals surface area contributed by atoms with Gasteiger partial charge in [-0.15, -0.1) is 11.3 Å². The van der Waals surface area contributed by atoms with E-state index in [2.05, 4.69) is 26.3 Å². The summed E-state index contributed by atoms with van der Waals surface area (Å²) in [5.41, 5.74) is 1.33. The van der Waals surface area contributed by atoms with Gasteiger partial charge in [-0.05, 0) is 36.3 Å². The Hall–Kier alpha value is -1.95. The molecule has 0 aliphatic carbocycles. The average molecular weight is 328 g/mol. The summed E-state index contributed by atoms with van der Waals surface area (Å²) in [5.74, 6) is 1.25. The van der Waals surface area contributed by atoms with Crippen LogP contribution >= 0.6 is 11.3 Å². The first-order valence-electron chi connectivity index (χ1n) is 8.16. The molecule has 23 heavy (non-hydrogen) atoms. The SMILES string of the molecule is O=C([C@@H]1CCCN(c2cnccn2)C1)N1CCc2sccc2C1. The molecular weight excluding hydrogens is 308 g/mol. The normalized spacial score (nSPS) is 21.1. The van der Waals surface area contributed by atoms with Crippen molar-refractivity contribution in [3.8, 4) is 0 Å². The van der Waals surface area contributed by atoms with Crippen molar-refractivity contribution in [2.24, 2.45) is 5.92 Å². The first-order chi connectivity index (χ1) is 11.3. The molecule has 4 rings (SSSR count). The molecule has 1 atom stereocenters. The van der Waals surface area contributed by atoms with Crippen LogP contribution in [0.2, 0.25) is 0 Å². The van der Waals surface area contributed by atoms with E-state index in [1.807, 2.05) is 16.2 Å². The van der Waals surface area contributed by atoms with E-state index in [4.69, 9.17) is 0 Å². The van der Waals surface area contributed by atoms with E-state index in [1.54, 1.807) is 18.6 Å². The molecule has 2 aliphatic rings. The number of hydrogen-bond acceptors (Lipinski definition) is 5. The average Bonchev–Trinajstić information content (AvgIpc) is 3.09. The lowest BCUT2D eigenvalue weighted by atomic mass is 9.95. The highest BCUT2D eigenvalue weighted by Gasteiger charge is 2.31. The van der Waals surface area contributed by atoms with Gasteiger partial charge in [0.2, 0.25) is 5.91 Å². The topological polar surface area (TPSA) is 49.3 Å². The number of carbonyl (C=O) groups is 1. The Morgan fingerprint density at radius 2 is 2.26 bits per heavy atom. The highest BCUT2D eigenvalue weighted by atomic mass is 32.1. The van der Waals surface area contributed by atoms with Crippen molar-refractivity contribution < 1.29 is 4.79 Å². The van der Waals surface area contributed by atoms with Crippen LogP contribution in [-0.4, -0.2) is 40.4 Å². The molecule has 1 saturated heterocycles. The fourth-order valence-electron chi connectivity index (χ4n) is 3.54. The van der Waals surface area contributed by atoms with Crippen LogP contribution in [-0.2, 0) is 17.8 Å². The first-order valence-corrected chi connectivity index (χ1v) is 9.04. The summed E-state index contributed by atoms with van der Waals surface area (Å²) in [5, 5.41) is 2.13. The number of amides is 1. The molecule has 0 unspecified atom stereocenters. The van der Waals surface area contributed by atoms with Crippen LogP contribution in [0.25, 0.3) is 0 Å². The van der Waals surface area contributed by atoms with E-state index in [1.165, 1.54) is 10.4 Å². The Kier molecular flexibility index (Phi) is 3.99. The van der Waals surface area contributed by atoms with Gasteiger partial charge in [0.15, 0.2) is 0 Å². The molecule has 2 aliphatic heterocycles. The molecule has 0 saturated carbocycles. The second-order valence-corrected chi connectivity index (χ2v) is 7.23.